The average molecular weight is 283 g/mol. The number of rotatable bonds is 5. The molecule has 1 heterocycles. The van der Waals surface area contributed by atoms with Crippen LogP contribution in [0.1, 0.15) is 17.4 Å². The lowest BCUT2D eigenvalue weighted by molar-refractivity contribution is 0.0603. The van der Waals surface area contributed by atoms with Gasteiger partial charge in [0.15, 0.2) is 11.6 Å². The highest BCUT2D eigenvalue weighted by molar-refractivity contribution is 7.10. The molecule has 2 rings (SSSR count). The van der Waals surface area contributed by atoms with Crippen LogP contribution < -0.4 is 5.32 Å². The van der Waals surface area contributed by atoms with Crippen molar-refractivity contribution in [2.24, 2.45) is 0 Å². The molecule has 0 bridgehead atoms. The largest absolute Gasteiger partial charge is 0.383 e. The normalized spacial score (nSPS) is 14.3. The molecule has 2 N–H and O–H groups in total. The zero-order valence-corrected chi connectivity index (χ0v) is 11.3. The maximum Gasteiger partial charge on any atom is 0.163 e. The van der Waals surface area contributed by atoms with Gasteiger partial charge >= 0.3 is 0 Å². The maximum atomic E-state index is 13.4. The van der Waals surface area contributed by atoms with E-state index in [1.165, 1.54) is 23.5 Å². The molecule has 2 nitrogen and oxygen atoms in total. The summed E-state index contributed by atoms with van der Waals surface area (Å²) in [6, 6.07) is 7.77. The number of hydrogen-bond acceptors (Lipinski definition) is 3. The van der Waals surface area contributed by atoms with Gasteiger partial charge in [-0.3, -0.25) is 0 Å². The summed E-state index contributed by atoms with van der Waals surface area (Å²) in [7, 11) is 0. The molecule has 1 aromatic heterocycles. The molecule has 102 valence electrons. The van der Waals surface area contributed by atoms with Gasteiger partial charge in [0.1, 0.15) is 5.60 Å². The Hall–Kier alpha value is -1.30. The highest BCUT2D eigenvalue weighted by Gasteiger charge is 2.23. The lowest BCUT2D eigenvalue weighted by atomic mass is 10.1. The number of nitrogens with one attached hydrogen (secondary N) is 1. The Kier molecular flexibility index (Phi) is 4.29. The summed E-state index contributed by atoms with van der Waals surface area (Å²) in [6.07, 6.45) is 0. The number of aliphatic hydroxyl groups is 1. The van der Waals surface area contributed by atoms with E-state index in [9.17, 15) is 13.9 Å². The van der Waals surface area contributed by atoms with Crippen LogP contribution in [0.25, 0.3) is 0 Å². The van der Waals surface area contributed by atoms with Crippen LogP contribution in [-0.4, -0.2) is 11.7 Å². The highest BCUT2D eigenvalue weighted by atomic mass is 32.1. The molecule has 0 fully saturated rings. The summed E-state index contributed by atoms with van der Waals surface area (Å²) in [5, 5.41) is 15.1. The first-order valence-electron chi connectivity index (χ1n) is 5.90. The van der Waals surface area contributed by atoms with E-state index in [2.05, 4.69) is 5.32 Å². The minimum absolute atomic E-state index is 0.172. The van der Waals surface area contributed by atoms with Crippen molar-refractivity contribution in [1.82, 2.24) is 5.32 Å². The number of benzene rings is 1. The van der Waals surface area contributed by atoms with Gasteiger partial charge in [0.25, 0.3) is 0 Å². The van der Waals surface area contributed by atoms with Crippen molar-refractivity contribution >= 4 is 11.3 Å². The Morgan fingerprint density at radius 1 is 1.26 bits per heavy atom. The van der Waals surface area contributed by atoms with Gasteiger partial charge in [0.05, 0.1) is 0 Å². The predicted molar refractivity (Wildman–Crippen MR) is 72.0 cm³/mol. The van der Waals surface area contributed by atoms with E-state index in [4.69, 9.17) is 0 Å². The Labute approximate surface area is 114 Å². The Morgan fingerprint density at radius 2 is 2.05 bits per heavy atom. The summed E-state index contributed by atoms with van der Waals surface area (Å²) < 4.78 is 26.4. The molecule has 1 aromatic carbocycles. The molecule has 0 aliphatic carbocycles. The lowest BCUT2D eigenvalue weighted by Gasteiger charge is -2.22. The van der Waals surface area contributed by atoms with Crippen molar-refractivity contribution in [1.29, 1.82) is 0 Å². The van der Waals surface area contributed by atoms with E-state index in [0.29, 0.717) is 0 Å². The van der Waals surface area contributed by atoms with Crippen LogP contribution in [0.5, 0.6) is 0 Å². The van der Waals surface area contributed by atoms with Gasteiger partial charge < -0.3 is 10.4 Å². The molecule has 0 aliphatic heterocycles. The topological polar surface area (TPSA) is 32.3 Å². The minimum Gasteiger partial charge on any atom is -0.383 e. The van der Waals surface area contributed by atoms with Crippen LogP contribution in [0.15, 0.2) is 35.7 Å². The van der Waals surface area contributed by atoms with E-state index in [1.54, 1.807) is 6.92 Å². The maximum absolute atomic E-state index is 13.4. The van der Waals surface area contributed by atoms with Crippen LogP contribution in [0.3, 0.4) is 0 Å². The van der Waals surface area contributed by atoms with Crippen LogP contribution >= 0.6 is 11.3 Å². The first-order valence-corrected chi connectivity index (χ1v) is 6.78. The molecule has 0 saturated carbocycles. The van der Waals surface area contributed by atoms with Gasteiger partial charge in [-0.05, 0) is 24.4 Å². The van der Waals surface area contributed by atoms with Crippen molar-refractivity contribution < 1.29 is 13.9 Å². The molecule has 2 aromatic rings. The predicted octanol–water partition coefficient (Wildman–Crippen LogP) is 3.02. The third-order valence-electron chi connectivity index (χ3n) is 2.87. The summed E-state index contributed by atoms with van der Waals surface area (Å²) in [6.45, 7) is 2.13. The molecule has 19 heavy (non-hydrogen) atoms. The molecule has 0 amide bonds. The van der Waals surface area contributed by atoms with Gasteiger partial charge in [-0.25, -0.2) is 8.78 Å². The van der Waals surface area contributed by atoms with Crippen molar-refractivity contribution in [2.45, 2.75) is 19.1 Å². The second-order valence-electron chi connectivity index (χ2n) is 4.57. The van der Waals surface area contributed by atoms with E-state index >= 15 is 0 Å². The van der Waals surface area contributed by atoms with Crippen LogP contribution in [0.4, 0.5) is 8.78 Å². The van der Waals surface area contributed by atoms with Crippen molar-refractivity contribution in [2.75, 3.05) is 6.54 Å². The molecule has 5 heteroatoms. The van der Waals surface area contributed by atoms with Crippen molar-refractivity contribution in [3.8, 4) is 0 Å². The number of thiophene rings is 1. The smallest absolute Gasteiger partial charge is 0.163 e. The van der Waals surface area contributed by atoms with Gasteiger partial charge in [-0.2, -0.15) is 0 Å². The summed E-state index contributed by atoms with van der Waals surface area (Å²) >= 11 is 1.46. The SMILES string of the molecule is CC(O)(CNCc1cccc(F)c1F)c1cccs1. The van der Waals surface area contributed by atoms with E-state index < -0.39 is 17.2 Å². The molecule has 1 unspecified atom stereocenters. The van der Waals surface area contributed by atoms with E-state index in [1.807, 2.05) is 17.5 Å². The molecular weight excluding hydrogens is 268 g/mol. The summed E-state index contributed by atoms with van der Waals surface area (Å²) in [5.74, 6) is -1.70. The summed E-state index contributed by atoms with van der Waals surface area (Å²) in [4.78, 5) is 0.833. The fourth-order valence-electron chi connectivity index (χ4n) is 1.80. The quantitative estimate of drug-likeness (QED) is 0.884. The standard InChI is InChI=1S/C14H15F2NOS/c1-14(18,12-6-3-7-19-12)9-17-8-10-4-2-5-11(15)13(10)16/h2-7,17-18H,8-9H2,1H3. The van der Waals surface area contributed by atoms with E-state index in [-0.39, 0.29) is 18.7 Å². The minimum atomic E-state index is -1.02. The second kappa shape index (κ2) is 5.77. The van der Waals surface area contributed by atoms with Crippen LogP contribution in [0, 0.1) is 11.6 Å². The first-order chi connectivity index (χ1) is 9.00. The van der Waals surface area contributed by atoms with Crippen molar-refractivity contribution in [3.63, 3.8) is 0 Å². The Bertz CT molecular complexity index is 540. The van der Waals surface area contributed by atoms with Gasteiger partial charge in [0, 0.05) is 23.5 Å². The second-order valence-corrected chi connectivity index (χ2v) is 5.52. The van der Waals surface area contributed by atoms with Gasteiger partial charge in [-0.15, -0.1) is 11.3 Å². The Morgan fingerprint density at radius 3 is 2.74 bits per heavy atom. The lowest BCUT2D eigenvalue weighted by Crippen LogP contribution is -2.34. The van der Waals surface area contributed by atoms with Crippen molar-refractivity contribution in [3.05, 3.63) is 57.8 Å². The molecule has 0 spiro atoms. The Balaban J connectivity index is 1.95. The van der Waals surface area contributed by atoms with E-state index in [0.717, 1.165) is 10.9 Å². The fourth-order valence-corrected chi connectivity index (χ4v) is 2.58. The highest BCUT2D eigenvalue weighted by Crippen LogP contribution is 2.24. The number of halogens is 2. The van der Waals surface area contributed by atoms with Crippen LogP contribution in [0.2, 0.25) is 0 Å². The zero-order valence-electron chi connectivity index (χ0n) is 10.5. The molecule has 0 radical (unpaired) electrons. The third-order valence-corrected chi connectivity index (χ3v) is 3.99. The van der Waals surface area contributed by atoms with Gasteiger partial charge in [-0.1, -0.05) is 18.2 Å². The molecule has 0 aliphatic rings. The van der Waals surface area contributed by atoms with Gasteiger partial charge in [0.2, 0.25) is 0 Å². The zero-order chi connectivity index (χ0) is 13.9. The fraction of sp³-hybridized carbons (Fsp3) is 0.286. The monoisotopic (exact) mass is 283 g/mol. The molecular formula is C14H15F2NOS. The summed E-state index contributed by atoms with van der Waals surface area (Å²) in [5.41, 5.74) is -0.764. The molecule has 1 atom stereocenters. The average Bonchev–Trinajstić information content (AvgIpc) is 2.89. The van der Waals surface area contributed by atoms with Crippen LogP contribution in [-0.2, 0) is 12.1 Å². The number of hydrogen-bond donors (Lipinski definition) is 2. The first kappa shape index (κ1) is 14.1. The molecule has 0 saturated heterocycles. The third kappa shape index (κ3) is 3.37.